The molecule has 0 aromatic heterocycles. The van der Waals surface area contributed by atoms with Crippen LogP contribution in [0.1, 0.15) is 24.2 Å². The second kappa shape index (κ2) is 2.80. The van der Waals surface area contributed by atoms with Gasteiger partial charge in [-0.25, -0.2) is 4.39 Å². The van der Waals surface area contributed by atoms with Crippen molar-refractivity contribution in [1.82, 2.24) is 4.90 Å². The molecule has 0 atom stereocenters. The van der Waals surface area contributed by atoms with Crippen LogP contribution in [0.15, 0.2) is 24.3 Å². The van der Waals surface area contributed by atoms with Crippen molar-refractivity contribution in [3.8, 4) is 0 Å². The number of rotatable bonds is 1. The Balaban J connectivity index is 2.17. The molecule has 0 saturated carbocycles. The van der Waals surface area contributed by atoms with Gasteiger partial charge in [0.1, 0.15) is 5.82 Å². The molecule has 0 N–H and O–H groups in total. The van der Waals surface area contributed by atoms with Gasteiger partial charge < -0.3 is 4.90 Å². The average Bonchev–Trinajstić information content (AvgIpc) is 2.75. The molecule has 1 aromatic carbocycles. The fourth-order valence-electron chi connectivity index (χ4n) is 1.45. The summed E-state index contributed by atoms with van der Waals surface area (Å²) in [6, 6.07) is 5.66. The summed E-state index contributed by atoms with van der Waals surface area (Å²) in [4.78, 5) is 13.5. The van der Waals surface area contributed by atoms with Gasteiger partial charge in [-0.15, -0.1) is 0 Å². The molecule has 1 saturated heterocycles. The quantitative estimate of drug-likeness (QED) is 0.625. The molecule has 0 spiro atoms. The van der Waals surface area contributed by atoms with E-state index in [1.54, 1.807) is 4.90 Å². The van der Waals surface area contributed by atoms with E-state index in [1.165, 1.54) is 24.3 Å². The van der Waals surface area contributed by atoms with Crippen LogP contribution >= 0.6 is 0 Å². The van der Waals surface area contributed by atoms with Gasteiger partial charge >= 0.3 is 0 Å². The van der Waals surface area contributed by atoms with Gasteiger partial charge in [0.25, 0.3) is 5.91 Å². The zero-order chi connectivity index (χ0) is 10.3. The summed E-state index contributed by atoms with van der Waals surface area (Å²) in [7, 11) is 0. The van der Waals surface area contributed by atoms with E-state index >= 15 is 0 Å². The lowest BCUT2D eigenvalue weighted by Crippen LogP contribution is -2.17. The number of halogens is 1. The lowest BCUT2D eigenvalue weighted by Gasteiger charge is -2.06. The third-order valence-electron chi connectivity index (χ3n) is 2.51. The third kappa shape index (κ3) is 1.50. The molecule has 1 fully saturated rings. The van der Waals surface area contributed by atoms with Crippen molar-refractivity contribution in [1.29, 1.82) is 0 Å². The van der Waals surface area contributed by atoms with Crippen molar-refractivity contribution >= 4 is 5.91 Å². The number of hydrogen-bond acceptors (Lipinski definition) is 1. The molecular formula is C11H12FNO. The van der Waals surface area contributed by atoms with E-state index < -0.39 is 0 Å². The summed E-state index contributed by atoms with van der Waals surface area (Å²) >= 11 is 0. The molecule has 1 heterocycles. The Kier molecular flexibility index (Phi) is 1.84. The third-order valence-corrected chi connectivity index (χ3v) is 2.51. The molecule has 1 aromatic rings. The van der Waals surface area contributed by atoms with Crippen LogP contribution in [-0.2, 0) is 0 Å². The first kappa shape index (κ1) is 9.19. The number of benzene rings is 1. The van der Waals surface area contributed by atoms with Gasteiger partial charge in [0, 0.05) is 12.1 Å². The largest absolute Gasteiger partial charge is 0.329 e. The number of carbonyl (C=O) groups is 1. The number of hydrogen-bond donors (Lipinski definition) is 0. The van der Waals surface area contributed by atoms with Gasteiger partial charge in [0.2, 0.25) is 0 Å². The zero-order valence-corrected chi connectivity index (χ0v) is 8.25. The average molecular weight is 193 g/mol. The summed E-state index contributed by atoms with van der Waals surface area (Å²) in [6.45, 7) is 4.80. The van der Waals surface area contributed by atoms with E-state index in [2.05, 4.69) is 0 Å². The minimum atomic E-state index is -0.313. The molecule has 2 nitrogen and oxygen atoms in total. The zero-order valence-electron chi connectivity index (χ0n) is 8.25. The van der Waals surface area contributed by atoms with Crippen LogP contribution in [-0.4, -0.2) is 22.9 Å². The van der Waals surface area contributed by atoms with Gasteiger partial charge in [-0.1, -0.05) is 0 Å². The van der Waals surface area contributed by atoms with Crippen LogP contribution in [0.5, 0.6) is 0 Å². The van der Waals surface area contributed by atoms with E-state index in [-0.39, 0.29) is 17.3 Å². The van der Waals surface area contributed by atoms with Crippen LogP contribution in [0.4, 0.5) is 4.39 Å². The van der Waals surface area contributed by atoms with Crippen molar-refractivity contribution in [2.75, 3.05) is 6.54 Å². The predicted octanol–water partition coefficient (Wildman–Crippen LogP) is 2.06. The minimum Gasteiger partial charge on any atom is -0.329 e. The molecule has 1 amide bonds. The van der Waals surface area contributed by atoms with Crippen LogP contribution < -0.4 is 0 Å². The van der Waals surface area contributed by atoms with E-state index in [4.69, 9.17) is 0 Å². The molecule has 0 unspecified atom stereocenters. The van der Waals surface area contributed by atoms with Crippen molar-refractivity contribution in [2.45, 2.75) is 19.4 Å². The Morgan fingerprint density at radius 3 is 2.29 bits per heavy atom. The maximum absolute atomic E-state index is 12.6. The smallest absolute Gasteiger partial charge is 0.254 e. The van der Waals surface area contributed by atoms with Crippen molar-refractivity contribution < 1.29 is 9.18 Å². The molecule has 0 bridgehead atoms. The second-order valence-corrected chi connectivity index (χ2v) is 4.21. The summed E-state index contributed by atoms with van der Waals surface area (Å²) < 4.78 is 12.6. The molecule has 0 aliphatic carbocycles. The van der Waals surface area contributed by atoms with Crippen LogP contribution in [0, 0.1) is 5.82 Å². The Bertz CT molecular complexity index is 369. The normalized spacial score (nSPS) is 18.1. The molecule has 14 heavy (non-hydrogen) atoms. The lowest BCUT2D eigenvalue weighted by atomic mass is 10.2. The number of nitrogens with zero attached hydrogens (tertiary/aromatic N) is 1. The second-order valence-electron chi connectivity index (χ2n) is 4.21. The molecule has 2 rings (SSSR count). The lowest BCUT2D eigenvalue weighted by molar-refractivity contribution is 0.0861. The minimum absolute atomic E-state index is 0.0185. The summed E-state index contributed by atoms with van der Waals surface area (Å²) in [5.74, 6) is -0.332. The first-order valence-corrected chi connectivity index (χ1v) is 4.58. The van der Waals surface area contributed by atoms with Gasteiger partial charge in [-0.2, -0.15) is 0 Å². The highest BCUT2D eigenvalue weighted by molar-refractivity contribution is 5.96. The van der Waals surface area contributed by atoms with E-state index in [9.17, 15) is 9.18 Å². The summed E-state index contributed by atoms with van der Waals surface area (Å²) in [5.41, 5.74) is 0.530. The predicted molar refractivity (Wildman–Crippen MR) is 51.5 cm³/mol. The van der Waals surface area contributed by atoms with Crippen LogP contribution in [0.2, 0.25) is 0 Å². The highest BCUT2D eigenvalue weighted by Crippen LogP contribution is 2.32. The summed E-state index contributed by atoms with van der Waals surface area (Å²) in [5, 5.41) is 0. The number of carbonyl (C=O) groups excluding carboxylic acids is 1. The summed E-state index contributed by atoms with van der Waals surface area (Å²) in [6.07, 6.45) is 0. The SMILES string of the molecule is CC1(C)CN1C(=O)c1ccc(F)cc1. The van der Waals surface area contributed by atoms with E-state index in [1.807, 2.05) is 13.8 Å². The van der Waals surface area contributed by atoms with Gasteiger partial charge in [0.15, 0.2) is 0 Å². The Labute approximate surface area is 82.3 Å². The Morgan fingerprint density at radius 1 is 1.36 bits per heavy atom. The highest BCUT2D eigenvalue weighted by atomic mass is 19.1. The maximum Gasteiger partial charge on any atom is 0.254 e. The van der Waals surface area contributed by atoms with Crippen LogP contribution in [0.25, 0.3) is 0 Å². The van der Waals surface area contributed by atoms with Gasteiger partial charge in [-0.3, -0.25) is 4.79 Å². The van der Waals surface area contributed by atoms with Crippen LogP contribution in [0.3, 0.4) is 0 Å². The van der Waals surface area contributed by atoms with Crippen molar-refractivity contribution in [3.63, 3.8) is 0 Å². The molecule has 0 radical (unpaired) electrons. The standard InChI is InChI=1S/C11H12FNO/c1-11(2)7-13(11)10(14)8-3-5-9(12)6-4-8/h3-6H,7H2,1-2H3. The molecule has 74 valence electrons. The van der Waals surface area contributed by atoms with E-state index in [0.717, 1.165) is 6.54 Å². The Hall–Kier alpha value is -1.38. The fourth-order valence-corrected chi connectivity index (χ4v) is 1.45. The Morgan fingerprint density at radius 2 is 1.86 bits per heavy atom. The monoisotopic (exact) mass is 193 g/mol. The topological polar surface area (TPSA) is 20.1 Å². The fraction of sp³-hybridized carbons (Fsp3) is 0.364. The van der Waals surface area contributed by atoms with Gasteiger partial charge in [0.05, 0.1) is 5.54 Å². The van der Waals surface area contributed by atoms with E-state index in [0.29, 0.717) is 5.56 Å². The van der Waals surface area contributed by atoms with Crippen molar-refractivity contribution in [3.05, 3.63) is 35.6 Å². The maximum atomic E-state index is 12.6. The highest BCUT2D eigenvalue weighted by Gasteiger charge is 2.46. The van der Waals surface area contributed by atoms with Gasteiger partial charge in [-0.05, 0) is 38.1 Å². The first-order chi connectivity index (χ1) is 6.50. The molecule has 1 aliphatic heterocycles. The van der Waals surface area contributed by atoms with Crippen molar-refractivity contribution in [2.24, 2.45) is 0 Å². The molecule has 1 aliphatic rings. The number of amides is 1. The first-order valence-electron chi connectivity index (χ1n) is 4.58. The molecule has 3 heteroatoms. The molecular weight excluding hydrogens is 181 g/mol.